The topological polar surface area (TPSA) is 21.3 Å². The summed E-state index contributed by atoms with van der Waals surface area (Å²) in [5.74, 6) is 1.59. The molecule has 2 nitrogen and oxygen atoms in total. The normalized spacial score (nSPS) is 12.2. The summed E-state index contributed by atoms with van der Waals surface area (Å²) >= 11 is 0. The van der Waals surface area contributed by atoms with Gasteiger partial charge in [-0.25, -0.2) is 0 Å². The maximum absolute atomic E-state index is 5.69. The summed E-state index contributed by atoms with van der Waals surface area (Å²) < 4.78 is 5.69. The van der Waals surface area contributed by atoms with Gasteiger partial charge in [-0.3, -0.25) is 0 Å². The van der Waals surface area contributed by atoms with E-state index in [4.69, 9.17) is 4.74 Å². The van der Waals surface area contributed by atoms with Crippen molar-refractivity contribution in [2.75, 3.05) is 19.0 Å². The van der Waals surface area contributed by atoms with Crippen molar-refractivity contribution in [2.24, 2.45) is 5.92 Å². The Morgan fingerprint density at radius 1 is 1.27 bits per heavy atom. The number of rotatable bonds is 6. The van der Waals surface area contributed by atoms with Crippen LogP contribution < -0.4 is 10.1 Å². The average molecular weight is 207 g/mol. The summed E-state index contributed by atoms with van der Waals surface area (Å²) in [4.78, 5) is 0. The summed E-state index contributed by atoms with van der Waals surface area (Å²) in [6.45, 7) is 5.25. The van der Waals surface area contributed by atoms with E-state index in [0.717, 1.165) is 18.0 Å². The van der Waals surface area contributed by atoms with E-state index in [9.17, 15) is 0 Å². The molecule has 0 fully saturated rings. The second kappa shape index (κ2) is 6.33. The first-order valence-electron chi connectivity index (χ1n) is 5.67. The molecule has 0 saturated heterocycles. The molecular weight excluding hydrogens is 186 g/mol. The van der Waals surface area contributed by atoms with Crippen LogP contribution in [0.4, 0.5) is 5.69 Å². The summed E-state index contributed by atoms with van der Waals surface area (Å²) in [6.07, 6.45) is 2.46. The van der Waals surface area contributed by atoms with Crippen LogP contribution in [0.5, 0.6) is 5.75 Å². The molecule has 1 unspecified atom stereocenters. The minimum Gasteiger partial charge on any atom is -0.493 e. The van der Waals surface area contributed by atoms with E-state index in [1.165, 1.54) is 12.8 Å². The first kappa shape index (κ1) is 11.9. The van der Waals surface area contributed by atoms with Crippen LogP contribution in [0, 0.1) is 5.92 Å². The predicted molar refractivity (Wildman–Crippen MR) is 65.6 cm³/mol. The van der Waals surface area contributed by atoms with Gasteiger partial charge >= 0.3 is 0 Å². The summed E-state index contributed by atoms with van der Waals surface area (Å²) in [5.41, 5.74) is 1.11. The van der Waals surface area contributed by atoms with Crippen molar-refractivity contribution in [3.05, 3.63) is 24.3 Å². The lowest BCUT2D eigenvalue weighted by Crippen LogP contribution is -2.08. The van der Waals surface area contributed by atoms with Gasteiger partial charge in [-0.2, -0.15) is 0 Å². The first-order valence-corrected chi connectivity index (χ1v) is 5.67. The fourth-order valence-corrected chi connectivity index (χ4v) is 1.53. The molecule has 1 N–H and O–H groups in total. The lowest BCUT2D eigenvalue weighted by Gasteiger charge is -2.12. The lowest BCUT2D eigenvalue weighted by atomic mass is 10.1. The van der Waals surface area contributed by atoms with Crippen LogP contribution in [0.15, 0.2) is 24.3 Å². The second-order valence-corrected chi connectivity index (χ2v) is 3.98. The Bertz CT molecular complexity index is 268. The van der Waals surface area contributed by atoms with E-state index in [1.807, 2.05) is 31.3 Å². The average Bonchev–Trinajstić information content (AvgIpc) is 2.27. The number of nitrogens with one attached hydrogen (secondary N) is 1. The van der Waals surface area contributed by atoms with E-state index in [2.05, 4.69) is 19.2 Å². The van der Waals surface area contributed by atoms with Crippen molar-refractivity contribution in [1.29, 1.82) is 0 Å². The Morgan fingerprint density at radius 3 is 2.47 bits per heavy atom. The molecule has 0 aliphatic carbocycles. The Balaban J connectivity index is 2.37. The Morgan fingerprint density at radius 2 is 1.93 bits per heavy atom. The molecule has 84 valence electrons. The minimum atomic E-state index is 0.638. The van der Waals surface area contributed by atoms with Gasteiger partial charge in [-0.1, -0.05) is 20.3 Å². The van der Waals surface area contributed by atoms with Gasteiger partial charge in [0.25, 0.3) is 0 Å². The quantitative estimate of drug-likeness (QED) is 0.770. The largest absolute Gasteiger partial charge is 0.493 e. The summed E-state index contributed by atoms with van der Waals surface area (Å²) in [5, 5.41) is 3.08. The molecule has 1 aromatic carbocycles. The van der Waals surface area contributed by atoms with Crippen LogP contribution in [0.25, 0.3) is 0 Å². The van der Waals surface area contributed by atoms with E-state index < -0.39 is 0 Å². The molecule has 0 spiro atoms. The van der Waals surface area contributed by atoms with Crippen LogP contribution >= 0.6 is 0 Å². The van der Waals surface area contributed by atoms with E-state index >= 15 is 0 Å². The minimum absolute atomic E-state index is 0.638. The monoisotopic (exact) mass is 207 g/mol. The van der Waals surface area contributed by atoms with Gasteiger partial charge < -0.3 is 10.1 Å². The number of benzene rings is 1. The highest BCUT2D eigenvalue weighted by molar-refractivity contribution is 5.45. The molecule has 0 aliphatic rings. The number of hydrogen-bond donors (Lipinski definition) is 1. The Labute approximate surface area is 92.6 Å². The van der Waals surface area contributed by atoms with Crippen molar-refractivity contribution in [1.82, 2.24) is 0 Å². The molecule has 0 saturated carbocycles. The van der Waals surface area contributed by atoms with E-state index in [1.54, 1.807) is 0 Å². The van der Waals surface area contributed by atoms with Crippen LogP contribution in [-0.2, 0) is 0 Å². The summed E-state index contributed by atoms with van der Waals surface area (Å²) in [6, 6.07) is 8.06. The molecule has 0 bridgehead atoms. The van der Waals surface area contributed by atoms with Gasteiger partial charge in [-0.15, -0.1) is 0 Å². The highest BCUT2D eigenvalue weighted by Crippen LogP contribution is 2.16. The van der Waals surface area contributed by atoms with Crippen molar-refractivity contribution in [3.8, 4) is 5.75 Å². The van der Waals surface area contributed by atoms with Crippen LogP contribution in [-0.4, -0.2) is 13.7 Å². The van der Waals surface area contributed by atoms with Crippen molar-refractivity contribution >= 4 is 5.69 Å². The molecule has 2 heteroatoms. The zero-order valence-electron chi connectivity index (χ0n) is 9.92. The maximum Gasteiger partial charge on any atom is 0.119 e. The van der Waals surface area contributed by atoms with Gasteiger partial charge in [0.05, 0.1) is 6.61 Å². The highest BCUT2D eigenvalue weighted by atomic mass is 16.5. The fraction of sp³-hybridized carbons (Fsp3) is 0.538. The van der Waals surface area contributed by atoms with E-state index in [0.29, 0.717) is 5.92 Å². The third kappa shape index (κ3) is 4.24. The molecule has 15 heavy (non-hydrogen) atoms. The van der Waals surface area contributed by atoms with Crippen molar-refractivity contribution < 1.29 is 4.74 Å². The zero-order chi connectivity index (χ0) is 11.1. The number of hydrogen-bond acceptors (Lipinski definition) is 2. The van der Waals surface area contributed by atoms with E-state index in [-0.39, 0.29) is 0 Å². The van der Waals surface area contributed by atoms with Gasteiger partial charge in [0.15, 0.2) is 0 Å². The maximum atomic E-state index is 5.69. The predicted octanol–water partition coefficient (Wildman–Crippen LogP) is 3.54. The lowest BCUT2D eigenvalue weighted by molar-refractivity contribution is 0.251. The number of anilines is 1. The standard InChI is InChI=1S/C13H21NO/c1-4-5-11(2)10-15-13-8-6-12(14-3)7-9-13/h6-9,11,14H,4-5,10H2,1-3H3. The zero-order valence-corrected chi connectivity index (χ0v) is 9.92. The smallest absolute Gasteiger partial charge is 0.119 e. The molecule has 1 atom stereocenters. The van der Waals surface area contributed by atoms with Crippen LogP contribution in [0.3, 0.4) is 0 Å². The number of ether oxygens (including phenoxy) is 1. The Kier molecular flexibility index (Phi) is 5.02. The first-order chi connectivity index (χ1) is 7.26. The molecule has 1 rings (SSSR count). The van der Waals surface area contributed by atoms with Crippen molar-refractivity contribution in [3.63, 3.8) is 0 Å². The van der Waals surface area contributed by atoms with Gasteiger partial charge in [-0.05, 0) is 36.6 Å². The summed E-state index contributed by atoms with van der Waals surface area (Å²) in [7, 11) is 1.92. The molecule has 0 heterocycles. The molecule has 0 radical (unpaired) electrons. The molecule has 0 aliphatic heterocycles. The third-order valence-corrected chi connectivity index (χ3v) is 2.46. The third-order valence-electron chi connectivity index (χ3n) is 2.46. The molecule has 0 amide bonds. The van der Waals surface area contributed by atoms with Gasteiger partial charge in [0, 0.05) is 12.7 Å². The van der Waals surface area contributed by atoms with Gasteiger partial charge in [0.2, 0.25) is 0 Å². The second-order valence-electron chi connectivity index (χ2n) is 3.98. The SMILES string of the molecule is CCCC(C)COc1ccc(NC)cc1. The van der Waals surface area contributed by atoms with Crippen LogP contribution in [0.2, 0.25) is 0 Å². The Hall–Kier alpha value is -1.18. The van der Waals surface area contributed by atoms with Crippen molar-refractivity contribution in [2.45, 2.75) is 26.7 Å². The molecular formula is C13H21NO. The highest BCUT2D eigenvalue weighted by Gasteiger charge is 2.01. The molecule has 0 aromatic heterocycles. The fourth-order valence-electron chi connectivity index (χ4n) is 1.53. The van der Waals surface area contributed by atoms with Gasteiger partial charge in [0.1, 0.15) is 5.75 Å². The molecule has 1 aromatic rings. The van der Waals surface area contributed by atoms with Crippen LogP contribution in [0.1, 0.15) is 26.7 Å².